The van der Waals surface area contributed by atoms with Gasteiger partial charge in [-0.25, -0.2) is 4.79 Å². The van der Waals surface area contributed by atoms with Crippen LogP contribution in [-0.2, 0) is 14.8 Å². The van der Waals surface area contributed by atoms with Crippen molar-refractivity contribution in [2.45, 2.75) is 11.9 Å². The van der Waals surface area contributed by atoms with E-state index in [0.29, 0.717) is 7.14 Å². The highest BCUT2D eigenvalue weighted by Gasteiger charge is 2.45. The second-order valence-corrected chi connectivity index (χ2v) is 9.01. The van der Waals surface area contributed by atoms with Crippen molar-refractivity contribution in [2.75, 3.05) is 6.61 Å². The van der Waals surface area contributed by atoms with E-state index in [0.717, 1.165) is 3.57 Å². The van der Waals surface area contributed by atoms with Gasteiger partial charge in [0.25, 0.3) is 0 Å². The summed E-state index contributed by atoms with van der Waals surface area (Å²) in [7, 11) is -5.89. The van der Waals surface area contributed by atoms with Gasteiger partial charge < -0.3 is 9.84 Å². The predicted octanol–water partition coefficient (Wildman–Crippen LogP) is 2.66. The summed E-state index contributed by atoms with van der Waals surface area (Å²) in [6.07, 6.45) is -0.780. The lowest BCUT2D eigenvalue weighted by molar-refractivity contribution is -0.218. The van der Waals surface area contributed by atoms with E-state index in [1.807, 2.05) is 67.8 Å². The van der Waals surface area contributed by atoms with Crippen LogP contribution in [-0.4, -0.2) is 32.4 Å². The molecule has 1 rings (SSSR count). The fraction of sp³-hybridized carbons (Fsp3) is 0.273. The number of hydrogen-bond donors (Lipinski definition) is 0. The number of alkyl halides is 3. The van der Waals surface area contributed by atoms with Crippen molar-refractivity contribution in [3.8, 4) is 0 Å². The fourth-order valence-electron chi connectivity index (χ4n) is 1.25. The van der Waals surface area contributed by atoms with Crippen LogP contribution in [0.1, 0.15) is 16.8 Å². The number of ether oxygens (including phenoxy) is 1. The summed E-state index contributed by atoms with van der Waals surface area (Å²) < 4.78 is 66.5. The Balaban J connectivity index is 2.76. The van der Waals surface area contributed by atoms with Gasteiger partial charge in [0.15, 0.2) is 0 Å². The summed E-state index contributed by atoms with van der Waals surface area (Å²) in [5, 5.41) is 11.2. The molecule has 1 aromatic carbocycles. The molecule has 0 saturated carbocycles. The zero-order chi connectivity index (χ0) is 18.7. The van der Waals surface area contributed by atoms with E-state index in [1.54, 1.807) is 12.1 Å². The molecule has 0 N–H and O–H groups in total. The molecule has 1 aromatic rings. The van der Waals surface area contributed by atoms with Gasteiger partial charge in [0.2, 0.25) is 0 Å². The Bertz CT molecular complexity index is 780. The zero-order valence-electron chi connectivity index (χ0n) is 11.2. The second-order valence-electron chi connectivity index (χ2n) is 4.01. The standard InChI is InChI=1S/C11H7F3I3NO5S/c12-11(13,14)24(21,22)18-7(19)3-4-23-10(20)8-5(15)1-2-6(16)9(8)17/h1-2H,3-4H2,(H,18,19)/p-1. The van der Waals surface area contributed by atoms with Gasteiger partial charge in [-0.1, -0.05) is 0 Å². The molecule has 0 bridgehead atoms. The Morgan fingerprint density at radius 2 is 1.75 bits per heavy atom. The molecule has 0 radical (unpaired) electrons. The molecule has 13 heteroatoms. The van der Waals surface area contributed by atoms with Crippen molar-refractivity contribution in [2.24, 2.45) is 4.40 Å². The molecule has 0 aliphatic heterocycles. The van der Waals surface area contributed by atoms with E-state index >= 15 is 0 Å². The molecule has 6 nitrogen and oxygen atoms in total. The normalized spacial score (nSPS) is 13.0. The molecular weight excluding hydrogens is 696 g/mol. The highest BCUT2D eigenvalue weighted by molar-refractivity contribution is 14.1. The number of sulfonamides is 1. The number of benzene rings is 1. The van der Waals surface area contributed by atoms with E-state index in [1.165, 1.54) is 0 Å². The van der Waals surface area contributed by atoms with Crippen molar-refractivity contribution < 1.29 is 36.2 Å². The molecule has 0 atom stereocenters. The van der Waals surface area contributed by atoms with Crippen LogP contribution >= 0.6 is 67.8 Å². The molecule has 0 aromatic heterocycles. The topological polar surface area (TPSA) is 95.9 Å². The molecular formula is C11H6F3I3NO5S-. The number of hydrogen-bond acceptors (Lipinski definition) is 5. The van der Waals surface area contributed by atoms with Crippen LogP contribution in [0.15, 0.2) is 16.5 Å². The van der Waals surface area contributed by atoms with Gasteiger partial charge in [0.05, 0.1) is 12.2 Å². The SMILES string of the molecule is O=C(OCC/C([O-])=N/S(=O)(=O)C(F)(F)F)c1c(I)ccc(I)c1I. The van der Waals surface area contributed by atoms with Gasteiger partial charge in [0, 0.05) is 17.1 Å². The highest BCUT2D eigenvalue weighted by Crippen LogP contribution is 2.26. The van der Waals surface area contributed by atoms with E-state index in [4.69, 9.17) is 4.74 Å². The molecule has 0 fully saturated rings. The average molecular weight is 702 g/mol. The van der Waals surface area contributed by atoms with Crippen molar-refractivity contribution in [3.05, 3.63) is 28.4 Å². The third kappa shape index (κ3) is 5.82. The first-order valence-corrected chi connectivity index (χ1v) is 10.4. The smallest absolute Gasteiger partial charge is 0.518 e. The van der Waals surface area contributed by atoms with Crippen LogP contribution in [0.5, 0.6) is 0 Å². The lowest BCUT2D eigenvalue weighted by Gasteiger charge is -2.13. The maximum Gasteiger partial charge on any atom is 0.518 e. The number of esters is 1. The minimum atomic E-state index is -5.89. The Labute approximate surface area is 175 Å². The number of carbonyl (C=O) groups is 1. The van der Waals surface area contributed by atoms with Gasteiger partial charge in [-0.05, 0) is 85.8 Å². The van der Waals surface area contributed by atoms with E-state index in [-0.39, 0.29) is 5.56 Å². The second kappa shape index (κ2) is 8.65. The van der Waals surface area contributed by atoms with Crippen molar-refractivity contribution in [1.29, 1.82) is 0 Å². The molecule has 24 heavy (non-hydrogen) atoms. The highest BCUT2D eigenvalue weighted by atomic mass is 127. The van der Waals surface area contributed by atoms with Crippen molar-refractivity contribution >= 4 is 89.7 Å². The summed E-state index contributed by atoms with van der Waals surface area (Å²) >= 11 is 5.85. The van der Waals surface area contributed by atoms with E-state index in [9.17, 15) is 31.5 Å². The molecule has 0 unspecified atom stereocenters. The van der Waals surface area contributed by atoms with Gasteiger partial charge in [0.1, 0.15) is 0 Å². The number of rotatable bonds is 5. The van der Waals surface area contributed by atoms with Crippen molar-refractivity contribution in [3.63, 3.8) is 0 Å². The first-order chi connectivity index (χ1) is 10.9. The van der Waals surface area contributed by atoms with Crippen LogP contribution in [0.25, 0.3) is 0 Å². The minimum absolute atomic E-state index is 0.260. The molecule has 0 saturated heterocycles. The van der Waals surface area contributed by atoms with Crippen LogP contribution in [0.2, 0.25) is 0 Å². The molecule has 0 heterocycles. The van der Waals surface area contributed by atoms with Crippen LogP contribution in [0.4, 0.5) is 13.2 Å². The van der Waals surface area contributed by atoms with Gasteiger partial charge in [-0.15, -0.1) is 0 Å². The summed E-state index contributed by atoms with van der Waals surface area (Å²) in [4.78, 5) is 12.0. The average Bonchev–Trinajstić information content (AvgIpc) is 2.41. The number of nitrogens with zero attached hydrogens (tertiary/aromatic N) is 1. The van der Waals surface area contributed by atoms with Crippen LogP contribution in [0.3, 0.4) is 0 Å². The molecule has 134 valence electrons. The van der Waals surface area contributed by atoms with E-state index < -0.39 is 40.4 Å². The largest absolute Gasteiger partial charge is 0.861 e. The quantitative estimate of drug-likeness (QED) is 0.155. The van der Waals surface area contributed by atoms with Gasteiger partial charge in [-0.2, -0.15) is 26.0 Å². The Hall–Kier alpha value is 0.0900. The number of carbonyl (C=O) groups excluding carboxylic acids is 1. The maximum absolute atomic E-state index is 12.1. The fourth-order valence-corrected chi connectivity index (χ4v) is 4.04. The lowest BCUT2D eigenvalue weighted by Crippen LogP contribution is -2.27. The zero-order valence-corrected chi connectivity index (χ0v) is 18.5. The molecule has 0 amide bonds. The summed E-state index contributed by atoms with van der Waals surface area (Å²) in [6, 6.07) is 3.46. The lowest BCUT2D eigenvalue weighted by atomic mass is 10.2. The first-order valence-electron chi connectivity index (χ1n) is 5.74. The maximum atomic E-state index is 12.1. The Morgan fingerprint density at radius 1 is 1.21 bits per heavy atom. The molecule has 0 spiro atoms. The minimum Gasteiger partial charge on any atom is -0.861 e. The number of halogens is 6. The summed E-state index contributed by atoms with van der Waals surface area (Å²) in [6.45, 7) is -0.591. The third-order valence-electron chi connectivity index (χ3n) is 2.31. The van der Waals surface area contributed by atoms with Crippen LogP contribution < -0.4 is 5.11 Å². The monoisotopic (exact) mass is 702 g/mol. The van der Waals surface area contributed by atoms with Crippen molar-refractivity contribution in [1.82, 2.24) is 0 Å². The summed E-state index contributed by atoms with van der Waals surface area (Å²) in [5.74, 6) is -2.32. The first kappa shape index (κ1) is 22.1. The van der Waals surface area contributed by atoms with Gasteiger partial charge >= 0.3 is 21.5 Å². The molecule has 0 aliphatic carbocycles. The Kier molecular flexibility index (Phi) is 7.98. The Morgan fingerprint density at radius 3 is 2.29 bits per heavy atom. The van der Waals surface area contributed by atoms with Gasteiger partial charge in [-0.3, -0.25) is 0 Å². The third-order valence-corrected chi connectivity index (χ3v) is 7.29. The van der Waals surface area contributed by atoms with E-state index in [2.05, 4.69) is 4.40 Å². The van der Waals surface area contributed by atoms with Crippen LogP contribution in [0, 0.1) is 10.7 Å². The summed E-state index contributed by atoms with van der Waals surface area (Å²) in [5.41, 5.74) is -5.39. The molecule has 0 aliphatic rings. The predicted molar refractivity (Wildman–Crippen MR) is 102 cm³/mol.